The molecular formula is C10H14ClN3O4S. The molecule has 0 radical (unpaired) electrons. The van der Waals surface area contributed by atoms with Gasteiger partial charge in [0.1, 0.15) is 0 Å². The summed E-state index contributed by atoms with van der Waals surface area (Å²) in [6.07, 6.45) is 1.90. The van der Waals surface area contributed by atoms with Gasteiger partial charge in [-0.05, 0) is 12.8 Å². The van der Waals surface area contributed by atoms with Crippen LogP contribution in [-0.4, -0.2) is 46.7 Å². The van der Waals surface area contributed by atoms with Gasteiger partial charge in [-0.3, -0.25) is 9.48 Å². The van der Waals surface area contributed by atoms with E-state index in [0.29, 0.717) is 12.8 Å². The van der Waals surface area contributed by atoms with Crippen LogP contribution in [0.5, 0.6) is 0 Å². The van der Waals surface area contributed by atoms with E-state index in [9.17, 15) is 13.2 Å². The van der Waals surface area contributed by atoms with E-state index >= 15 is 0 Å². The summed E-state index contributed by atoms with van der Waals surface area (Å²) in [6, 6.07) is 0. The van der Waals surface area contributed by atoms with Crippen LogP contribution in [0.15, 0.2) is 11.2 Å². The SMILES string of the molecule is Cn1ncc(Cl)c1S(=O)(=O)N1CCC(C(=O)O)CC1. The monoisotopic (exact) mass is 307 g/mol. The van der Waals surface area contributed by atoms with E-state index in [0.717, 1.165) is 0 Å². The third-order valence-corrected chi connectivity index (χ3v) is 5.64. The Morgan fingerprint density at radius 3 is 2.47 bits per heavy atom. The van der Waals surface area contributed by atoms with E-state index in [-0.39, 0.29) is 23.1 Å². The van der Waals surface area contributed by atoms with Crippen LogP contribution in [0.3, 0.4) is 0 Å². The van der Waals surface area contributed by atoms with Gasteiger partial charge in [0.05, 0.1) is 17.1 Å². The molecule has 0 unspecified atom stereocenters. The third-order valence-electron chi connectivity index (χ3n) is 3.23. The van der Waals surface area contributed by atoms with Gasteiger partial charge in [-0.15, -0.1) is 0 Å². The number of sulfonamides is 1. The van der Waals surface area contributed by atoms with Gasteiger partial charge in [0.15, 0.2) is 5.03 Å². The number of hydrogen-bond donors (Lipinski definition) is 1. The molecule has 0 bridgehead atoms. The molecule has 1 aliphatic rings. The molecule has 0 aliphatic carbocycles. The second-order valence-electron chi connectivity index (χ2n) is 4.44. The maximum Gasteiger partial charge on any atom is 0.306 e. The Morgan fingerprint density at radius 2 is 2.05 bits per heavy atom. The Kier molecular flexibility index (Phi) is 3.84. The highest BCUT2D eigenvalue weighted by atomic mass is 35.5. The number of aryl methyl sites for hydroxylation is 1. The lowest BCUT2D eigenvalue weighted by Crippen LogP contribution is -2.40. The van der Waals surface area contributed by atoms with Crippen LogP contribution < -0.4 is 0 Å². The summed E-state index contributed by atoms with van der Waals surface area (Å²) in [5, 5.41) is 12.7. The van der Waals surface area contributed by atoms with Crippen molar-refractivity contribution in [3.63, 3.8) is 0 Å². The smallest absolute Gasteiger partial charge is 0.306 e. The van der Waals surface area contributed by atoms with Crippen molar-refractivity contribution in [1.29, 1.82) is 0 Å². The molecule has 1 aromatic heterocycles. The molecule has 2 rings (SSSR count). The number of aliphatic carboxylic acids is 1. The number of carboxylic acids is 1. The molecule has 106 valence electrons. The fraction of sp³-hybridized carbons (Fsp3) is 0.600. The van der Waals surface area contributed by atoms with Crippen molar-refractivity contribution in [3.05, 3.63) is 11.2 Å². The molecule has 1 aliphatic heterocycles. The Bertz CT molecular complexity index is 570. The maximum atomic E-state index is 12.4. The summed E-state index contributed by atoms with van der Waals surface area (Å²) < 4.78 is 27.3. The summed E-state index contributed by atoms with van der Waals surface area (Å²) in [7, 11) is -2.22. The first-order valence-corrected chi connectivity index (χ1v) is 7.56. The summed E-state index contributed by atoms with van der Waals surface area (Å²) >= 11 is 5.84. The number of halogens is 1. The molecule has 19 heavy (non-hydrogen) atoms. The minimum Gasteiger partial charge on any atom is -0.481 e. The van der Waals surface area contributed by atoms with E-state index < -0.39 is 21.9 Å². The number of carboxylic acid groups (broad SMARTS) is 1. The van der Waals surface area contributed by atoms with Gasteiger partial charge in [0, 0.05) is 20.1 Å². The van der Waals surface area contributed by atoms with Crippen LogP contribution in [0.2, 0.25) is 5.02 Å². The van der Waals surface area contributed by atoms with E-state index in [1.807, 2.05) is 0 Å². The molecule has 0 amide bonds. The van der Waals surface area contributed by atoms with Crippen molar-refractivity contribution in [2.45, 2.75) is 17.9 Å². The van der Waals surface area contributed by atoms with Gasteiger partial charge in [-0.25, -0.2) is 8.42 Å². The molecule has 0 aromatic carbocycles. The van der Waals surface area contributed by atoms with Crippen LogP contribution in [-0.2, 0) is 21.9 Å². The van der Waals surface area contributed by atoms with E-state index in [4.69, 9.17) is 16.7 Å². The highest BCUT2D eigenvalue weighted by Gasteiger charge is 2.34. The fourth-order valence-electron chi connectivity index (χ4n) is 2.16. The molecule has 9 heteroatoms. The van der Waals surface area contributed by atoms with Crippen molar-refractivity contribution >= 4 is 27.6 Å². The average molecular weight is 308 g/mol. The Labute approximate surface area is 115 Å². The molecule has 1 N–H and O–H groups in total. The molecule has 1 saturated heterocycles. The number of piperidine rings is 1. The fourth-order valence-corrected chi connectivity index (χ4v) is 4.23. The molecule has 2 heterocycles. The summed E-state index contributed by atoms with van der Waals surface area (Å²) in [4.78, 5) is 10.8. The van der Waals surface area contributed by atoms with Crippen LogP contribution in [0.1, 0.15) is 12.8 Å². The predicted molar refractivity (Wildman–Crippen MR) is 67.3 cm³/mol. The summed E-state index contributed by atoms with van der Waals surface area (Å²) in [5.74, 6) is -1.36. The topological polar surface area (TPSA) is 92.5 Å². The van der Waals surface area contributed by atoms with Gasteiger partial charge >= 0.3 is 5.97 Å². The maximum absolute atomic E-state index is 12.4. The number of nitrogens with zero attached hydrogens (tertiary/aromatic N) is 3. The van der Waals surface area contributed by atoms with Crippen molar-refractivity contribution < 1.29 is 18.3 Å². The zero-order valence-corrected chi connectivity index (χ0v) is 11.9. The summed E-state index contributed by atoms with van der Waals surface area (Å²) in [5.41, 5.74) is 0. The molecule has 7 nitrogen and oxygen atoms in total. The minimum atomic E-state index is -3.72. The third kappa shape index (κ3) is 2.60. The van der Waals surface area contributed by atoms with E-state index in [1.54, 1.807) is 0 Å². The van der Waals surface area contributed by atoms with Crippen LogP contribution in [0.4, 0.5) is 0 Å². The van der Waals surface area contributed by atoms with Crippen LogP contribution >= 0.6 is 11.6 Å². The van der Waals surface area contributed by atoms with Gasteiger partial charge in [0.2, 0.25) is 0 Å². The van der Waals surface area contributed by atoms with Gasteiger partial charge in [-0.1, -0.05) is 11.6 Å². The molecule has 0 spiro atoms. The number of carbonyl (C=O) groups is 1. The van der Waals surface area contributed by atoms with Crippen molar-refractivity contribution in [2.24, 2.45) is 13.0 Å². The highest BCUT2D eigenvalue weighted by Crippen LogP contribution is 2.27. The standard InChI is InChI=1S/C10H14ClN3O4S/c1-13-9(8(11)6-12-13)19(17,18)14-4-2-7(3-5-14)10(15)16/h6-7H,2-5H2,1H3,(H,15,16). The zero-order chi connectivity index (χ0) is 14.2. The molecular weight excluding hydrogens is 294 g/mol. The van der Waals surface area contributed by atoms with Crippen LogP contribution in [0.25, 0.3) is 0 Å². The Morgan fingerprint density at radius 1 is 1.47 bits per heavy atom. The molecule has 0 saturated carbocycles. The lowest BCUT2D eigenvalue weighted by atomic mass is 9.99. The van der Waals surface area contributed by atoms with Crippen molar-refractivity contribution in [3.8, 4) is 0 Å². The number of rotatable bonds is 3. The number of aromatic nitrogens is 2. The predicted octanol–water partition coefficient (Wildman–Crippen LogP) is 0.559. The average Bonchev–Trinajstić information content (AvgIpc) is 2.69. The van der Waals surface area contributed by atoms with Gasteiger partial charge in [0.25, 0.3) is 10.0 Å². The second kappa shape index (κ2) is 5.10. The van der Waals surface area contributed by atoms with Crippen molar-refractivity contribution in [1.82, 2.24) is 14.1 Å². The molecule has 1 aromatic rings. The normalized spacial score (nSPS) is 18.6. The zero-order valence-electron chi connectivity index (χ0n) is 10.3. The first kappa shape index (κ1) is 14.3. The Balaban J connectivity index is 2.21. The summed E-state index contributed by atoms with van der Waals surface area (Å²) in [6.45, 7) is 0.363. The second-order valence-corrected chi connectivity index (χ2v) is 6.70. The molecule has 1 fully saturated rings. The highest BCUT2D eigenvalue weighted by molar-refractivity contribution is 7.89. The first-order chi connectivity index (χ1) is 8.84. The van der Waals surface area contributed by atoms with E-state index in [2.05, 4.69) is 5.10 Å². The Hall–Kier alpha value is -1.12. The van der Waals surface area contributed by atoms with Gasteiger partial charge < -0.3 is 5.11 Å². The number of hydrogen-bond acceptors (Lipinski definition) is 4. The quantitative estimate of drug-likeness (QED) is 0.880. The lowest BCUT2D eigenvalue weighted by Gasteiger charge is -2.29. The lowest BCUT2D eigenvalue weighted by molar-refractivity contribution is -0.142. The van der Waals surface area contributed by atoms with E-state index in [1.165, 1.54) is 22.2 Å². The molecule has 0 atom stereocenters. The van der Waals surface area contributed by atoms with Gasteiger partial charge in [-0.2, -0.15) is 9.40 Å². The van der Waals surface area contributed by atoms with Crippen LogP contribution in [0, 0.1) is 5.92 Å². The largest absolute Gasteiger partial charge is 0.481 e. The van der Waals surface area contributed by atoms with Crippen molar-refractivity contribution in [2.75, 3.05) is 13.1 Å². The minimum absolute atomic E-state index is 0.0528. The first-order valence-electron chi connectivity index (χ1n) is 5.74.